The van der Waals surface area contributed by atoms with Crippen molar-refractivity contribution >= 4 is 6.09 Å². The molecular weight excluding hydrogens is 264 g/mol. The van der Waals surface area contributed by atoms with Crippen LogP contribution in [-0.2, 0) is 0 Å². The second-order valence-corrected chi connectivity index (χ2v) is 6.62. The van der Waals surface area contributed by atoms with Crippen molar-refractivity contribution in [2.45, 2.75) is 37.6 Å². The van der Waals surface area contributed by atoms with E-state index in [1.54, 1.807) is 4.90 Å². The van der Waals surface area contributed by atoms with Gasteiger partial charge in [0, 0.05) is 18.6 Å². The van der Waals surface area contributed by atoms with E-state index in [0.29, 0.717) is 19.0 Å². The lowest BCUT2D eigenvalue weighted by Crippen LogP contribution is -2.51. The molecule has 0 radical (unpaired) electrons. The number of benzene rings is 1. The minimum atomic E-state index is -0.780. The first-order valence-corrected chi connectivity index (χ1v) is 7.86. The van der Waals surface area contributed by atoms with Gasteiger partial charge in [-0.1, -0.05) is 30.3 Å². The van der Waals surface area contributed by atoms with Crippen molar-refractivity contribution in [1.29, 1.82) is 0 Å². The lowest BCUT2D eigenvalue weighted by Gasteiger charge is -2.42. The molecule has 1 N–H and O–H groups in total. The topological polar surface area (TPSA) is 43.8 Å². The van der Waals surface area contributed by atoms with Crippen molar-refractivity contribution in [2.24, 2.45) is 0 Å². The van der Waals surface area contributed by atoms with E-state index in [9.17, 15) is 4.79 Å². The molecular formula is C17H24N2O2. The largest absolute Gasteiger partial charge is 0.465 e. The fraction of sp³-hybridized carbons (Fsp3) is 0.588. The van der Waals surface area contributed by atoms with Crippen LogP contribution in [0.5, 0.6) is 0 Å². The van der Waals surface area contributed by atoms with Crippen molar-refractivity contribution in [2.75, 3.05) is 26.2 Å². The maximum Gasteiger partial charge on any atom is 0.407 e. The molecule has 2 aliphatic heterocycles. The molecule has 0 aromatic heterocycles. The highest BCUT2D eigenvalue weighted by Gasteiger charge is 2.41. The third-order valence-electron chi connectivity index (χ3n) is 5.25. The first-order chi connectivity index (χ1) is 10.1. The van der Waals surface area contributed by atoms with Gasteiger partial charge in [-0.05, 0) is 50.8 Å². The summed E-state index contributed by atoms with van der Waals surface area (Å²) in [6.45, 7) is 5.69. The monoisotopic (exact) mass is 288 g/mol. The molecule has 0 bridgehead atoms. The van der Waals surface area contributed by atoms with E-state index in [4.69, 9.17) is 5.11 Å². The third kappa shape index (κ3) is 2.91. The number of amides is 1. The maximum atomic E-state index is 11.1. The Morgan fingerprint density at radius 2 is 1.86 bits per heavy atom. The Balaban J connectivity index is 1.60. The SMILES string of the molecule is CC1(N2CCC(c3ccccc3)CC2)CCN(C(=O)O)C1. The summed E-state index contributed by atoms with van der Waals surface area (Å²) in [5, 5.41) is 9.14. The molecule has 3 rings (SSSR count). The van der Waals surface area contributed by atoms with Gasteiger partial charge in [0.2, 0.25) is 0 Å². The van der Waals surface area contributed by atoms with Gasteiger partial charge in [-0.15, -0.1) is 0 Å². The van der Waals surface area contributed by atoms with Crippen LogP contribution in [0.25, 0.3) is 0 Å². The number of rotatable bonds is 2. The Morgan fingerprint density at radius 1 is 1.19 bits per heavy atom. The summed E-state index contributed by atoms with van der Waals surface area (Å²) in [5.74, 6) is 0.656. The predicted octanol–water partition coefficient (Wildman–Crippen LogP) is 3.01. The lowest BCUT2D eigenvalue weighted by molar-refractivity contribution is 0.0773. The lowest BCUT2D eigenvalue weighted by atomic mass is 9.86. The molecule has 2 fully saturated rings. The van der Waals surface area contributed by atoms with Gasteiger partial charge < -0.3 is 10.0 Å². The van der Waals surface area contributed by atoms with Gasteiger partial charge in [0.05, 0.1) is 0 Å². The zero-order valence-electron chi connectivity index (χ0n) is 12.7. The molecule has 0 saturated carbocycles. The number of hydrogen-bond acceptors (Lipinski definition) is 2. The molecule has 1 aromatic carbocycles. The molecule has 1 atom stereocenters. The molecule has 4 nitrogen and oxygen atoms in total. The Hall–Kier alpha value is -1.55. The summed E-state index contributed by atoms with van der Waals surface area (Å²) >= 11 is 0. The minimum Gasteiger partial charge on any atom is -0.465 e. The highest BCUT2D eigenvalue weighted by atomic mass is 16.4. The summed E-state index contributed by atoms with van der Waals surface area (Å²) in [4.78, 5) is 15.2. The highest BCUT2D eigenvalue weighted by Crippen LogP contribution is 2.34. The highest BCUT2D eigenvalue weighted by molar-refractivity contribution is 5.65. The van der Waals surface area contributed by atoms with Crippen molar-refractivity contribution in [3.8, 4) is 0 Å². The Kier molecular flexibility index (Phi) is 3.89. The third-order valence-corrected chi connectivity index (χ3v) is 5.25. The first kappa shape index (κ1) is 14.4. The standard InChI is InChI=1S/C17H24N2O2/c1-17(9-12-18(13-17)16(20)21)19-10-7-15(8-11-19)14-5-3-2-4-6-14/h2-6,15H,7-13H2,1H3,(H,20,21). The zero-order valence-corrected chi connectivity index (χ0v) is 12.7. The van der Waals surface area contributed by atoms with Crippen molar-refractivity contribution in [3.05, 3.63) is 35.9 Å². The molecule has 21 heavy (non-hydrogen) atoms. The average Bonchev–Trinajstić information content (AvgIpc) is 2.92. The van der Waals surface area contributed by atoms with Crippen LogP contribution < -0.4 is 0 Å². The van der Waals surface area contributed by atoms with Crippen LogP contribution in [-0.4, -0.2) is 52.7 Å². The normalized spacial score (nSPS) is 28.0. The Bertz CT molecular complexity index is 497. The van der Waals surface area contributed by atoms with Crippen LogP contribution in [0.15, 0.2) is 30.3 Å². The van der Waals surface area contributed by atoms with E-state index in [1.165, 1.54) is 18.4 Å². The van der Waals surface area contributed by atoms with Gasteiger partial charge in [0.25, 0.3) is 0 Å². The number of piperidine rings is 1. The first-order valence-electron chi connectivity index (χ1n) is 7.86. The molecule has 2 heterocycles. The van der Waals surface area contributed by atoms with E-state index in [-0.39, 0.29) is 5.54 Å². The molecule has 2 saturated heterocycles. The van der Waals surface area contributed by atoms with E-state index >= 15 is 0 Å². The Morgan fingerprint density at radius 3 is 2.43 bits per heavy atom. The summed E-state index contributed by atoms with van der Waals surface area (Å²) in [6, 6.07) is 10.8. The molecule has 2 aliphatic rings. The number of hydrogen-bond donors (Lipinski definition) is 1. The van der Waals surface area contributed by atoms with Gasteiger partial charge in [-0.2, -0.15) is 0 Å². The van der Waals surface area contributed by atoms with Gasteiger partial charge in [-0.25, -0.2) is 4.79 Å². The fourth-order valence-corrected chi connectivity index (χ4v) is 3.84. The van der Waals surface area contributed by atoms with E-state index in [1.807, 2.05) is 0 Å². The van der Waals surface area contributed by atoms with E-state index < -0.39 is 6.09 Å². The van der Waals surface area contributed by atoms with Crippen LogP contribution >= 0.6 is 0 Å². The summed E-state index contributed by atoms with van der Waals surface area (Å²) in [5.41, 5.74) is 1.47. The van der Waals surface area contributed by atoms with Crippen LogP contribution in [0.2, 0.25) is 0 Å². The van der Waals surface area contributed by atoms with Crippen LogP contribution in [0.1, 0.15) is 37.7 Å². The minimum absolute atomic E-state index is 0.0278. The van der Waals surface area contributed by atoms with Gasteiger partial charge in [0.15, 0.2) is 0 Å². The van der Waals surface area contributed by atoms with Crippen molar-refractivity contribution in [1.82, 2.24) is 9.80 Å². The van der Waals surface area contributed by atoms with Gasteiger partial charge in [0.1, 0.15) is 0 Å². The molecule has 1 unspecified atom stereocenters. The molecule has 0 spiro atoms. The molecule has 114 valence electrons. The van der Waals surface area contributed by atoms with Gasteiger partial charge in [-0.3, -0.25) is 4.90 Å². The molecule has 0 aliphatic carbocycles. The number of nitrogens with zero attached hydrogens (tertiary/aromatic N) is 2. The van der Waals surface area contributed by atoms with Crippen molar-refractivity contribution < 1.29 is 9.90 Å². The van der Waals surface area contributed by atoms with Crippen LogP contribution in [0.3, 0.4) is 0 Å². The van der Waals surface area contributed by atoms with E-state index in [0.717, 1.165) is 19.5 Å². The molecule has 1 amide bonds. The summed E-state index contributed by atoms with van der Waals surface area (Å²) in [7, 11) is 0. The average molecular weight is 288 g/mol. The number of carboxylic acid groups (broad SMARTS) is 1. The second-order valence-electron chi connectivity index (χ2n) is 6.62. The number of carbonyl (C=O) groups is 1. The smallest absolute Gasteiger partial charge is 0.407 e. The van der Waals surface area contributed by atoms with E-state index in [2.05, 4.69) is 42.2 Å². The Labute approximate surface area is 126 Å². The molecule has 4 heteroatoms. The van der Waals surface area contributed by atoms with Crippen LogP contribution in [0.4, 0.5) is 4.79 Å². The number of likely N-dealkylation sites (tertiary alicyclic amines) is 2. The predicted molar refractivity (Wildman–Crippen MR) is 82.6 cm³/mol. The maximum absolute atomic E-state index is 11.1. The quantitative estimate of drug-likeness (QED) is 0.909. The molecule has 1 aromatic rings. The van der Waals surface area contributed by atoms with Crippen LogP contribution in [0, 0.1) is 0 Å². The summed E-state index contributed by atoms with van der Waals surface area (Å²) in [6.07, 6.45) is 2.52. The van der Waals surface area contributed by atoms with Crippen molar-refractivity contribution in [3.63, 3.8) is 0 Å². The second kappa shape index (κ2) is 5.68. The zero-order chi connectivity index (χ0) is 14.9. The summed E-state index contributed by atoms with van der Waals surface area (Å²) < 4.78 is 0. The fourth-order valence-electron chi connectivity index (χ4n) is 3.84. The van der Waals surface area contributed by atoms with Gasteiger partial charge >= 0.3 is 6.09 Å².